The second kappa shape index (κ2) is 10.4. The minimum atomic E-state index is -0.711. The van der Waals surface area contributed by atoms with E-state index in [9.17, 15) is 4.79 Å². The van der Waals surface area contributed by atoms with Gasteiger partial charge in [-0.25, -0.2) is 0 Å². The van der Waals surface area contributed by atoms with Gasteiger partial charge in [-0.05, 0) is 6.42 Å². The summed E-state index contributed by atoms with van der Waals surface area (Å²) < 4.78 is 0. The summed E-state index contributed by atoms with van der Waals surface area (Å²) in [6, 6.07) is 0. The Labute approximate surface area is 72.8 Å². The van der Waals surface area contributed by atoms with Crippen LogP contribution >= 0.6 is 0 Å². The first-order valence-electron chi connectivity index (χ1n) is 1.99. The van der Waals surface area contributed by atoms with Crippen LogP contribution in [0.15, 0.2) is 0 Å². The zero-order valence-electron chi connectivity index (χ0n) is 6.48. The standard InChI is InChI=1S/C4H8O2.H3N.Na.H/c1-2-3-4(5)6;;;/h2-3H2,1H3,(H,5,6);1H3;;/q;;+1;-1. The van der Waals surface area contributed by atoms with Crippen LogP contribution in [-0.4, -0.2) is 11.1 Å². The number of carboxylic acid groups (broad SMARTS) is 1. The summed E-state index contributed by atoms with van der Waals surface area (Å²) in [5.41, 5.74) is 0. The maximum absolute atomic E-state index is 9.60. The van der Waals surface area contributed by atoms with Gasteiger partial charge in [-0.15, -0.1) is 0 Å². The summed E-state index contributed by atoms with van der Waals surface area (Å²) in [7, 11) is 0. The molecule has 0 atom stereocenters. The molecule has 0 aliphatic carbocycles. The van der Waals surface area contributed by atoms with Crippen molar-refractivity contribution in [2.45, 2.75) is 19.8 Å². The number of carboxylic acids is 1. The number of rotatable bonds is 2. The Bertz CT molecular complexity index is 62.5. The minimum absolute atomic E-state index is 0. The van der Waals surface area contributed by atoms with Crippen molar-refractivity contribution in [3.05, 3.63) is 0 Å². The molecule has 4 heteroatoms. The average molecular weight is 129 g/mol. The molecule has 0 heterocycles. The third-order valence-corrected chi connectivity index (χ3v) is 0.464. The van der Waals surface area contributed by atoms with Crippen molar-refractivity contribution >= 4 is 5.97 Å². The van der Waals surface area contributed by atoms with Crippen molar-refractivity contribution in [1.29, 1.82) is 0 Å². The van der Waals surface area contributed by atoms with E-state index >= 15 is 0 Å². The predicted octanol–water partition coefficient (Wildman–Crippen LogP) is -1.85. The first-order chi connectivity index (χ1) is 2.77. The van der Waals surface area contributed by atoms with Gasteiger partial charge in [-0.1, -0.05) is 6.92 Å². The monoisotopic (exact) mass is 129 g/mol. The first kappa shape index (κ1) is 15.8. The van der Waals surface area contributed by atoms with E-state index in [0.29, 0.717) is 6.42 Å². The summed E-state index contributed by atoms with van der Waals surface area (Å²) >= 11 is 0. The molecule has 0 bridgehead atoms. The molecule has 0 spiro atoms. The van der Waals surface area contributed by atoms with E-state index in [1.807, 2.05) is 6.92 Å². The zero-order chi connectivity index (χ0) is 4.99. The van der Waals surface area contributed by atoms with Gasteiger partial charge in [0, 0.05) is 6.42 Å². The largest absolute Gasteiger partial charge is 1.00 e. The molecule has 0 rings (SSSR count). The summed E-state index contributed by atoms with van der Waals surface area (Å²) in [5, 5.41) is 7.91. The van der Waals surface area contributed by atoms with Crippen molar-refractivity contribution in [1.82, 2.24) is 6.15 Å². The van der Waals surface area contributed by atoms with Crippen LogP contribution in [0.5, 0.6) is 0 Å². The van der Waals surface area contributed by atoms with E-state index in [4.69, 9.17) is 5.11 Å². The average Bonchev–Trinajstić information content (AvgIpc) is 1.35. The van der Waals surface area contributed by atoms with Crippen LogP contribution in [0.3, 0.4) is 0 Å². The van der Waals surface area contributed by atoms with Crippen LogP contribution < -0.4 is 35.7 Å². The molecule has 0 amide bonds. The van der Waals surface area contributed by atoms with Gasteiger partial charge in [0.1, 0.15) is 0 Å². The number of aliphatic carboxylic acids is 1. The Morgan fingerprint density at radius 2 is 2.12 bits per heavy atom. The SMILES string of the molecule is CCCC(=O)O.N.[H-].[Na+]. The Kier molecular flexibility index (Phi) is 20.6. The number of hydrogen-bond acceptors (Lipinski definition) is 2. The molecule has 0 radical (unpaired) electrons. The molecule has 4 N–H and O–H groups in total. The molecular formula is C4H12NNaO2. The quantitative estimate of drug-likeness (QED) is 0.430. The Hall–Kier alpha value is 0.430. The van der Waals surface area contributed by atoms with E-state index in [-0.39, 0.29) is 37.1 Å². The zero-order valence-corrected chi connectivity index (χ0v) is 7.48. The van der Waals surface area contributed by atoms with Crippen LogP contribution in [0.4, 0.5) is 0 Å². The maximum atomic E-state index is 9.60. The van der Waals surface area contributed by atoms with Gasteiger partial charge >= 0.3 is 35.5 Å². The number of hydrogen-bond donors (Lipinski definition) is 2. The van der Waals surface area contributed by atoms with Crippen molar-refractivity contribution < 1.29 is 40.9 Å². The van der Waals surface area contributed by atoms with Gasteiger partial charge in [-0.2, -0.15) is 0 Å². The molecule has 0 aromatic carbocycles. The van der Waals surface area contributed by atoms with Gasteiger partial charge < -0.3 is 12.7 Å². The summed E-state index contributed by atoms with van der Waals surface area (Å²) in [6.07, 6.45) is 1.02. The molecule has 46 valence electrons. The van der Waals surface area contributed by atoms with Gasteiger partial charge in [0.25, 0.3) is 0 Å². The van der Waals surface area contributed by atoms with Crippen molar-refractivity contribution in [3.63, 3.8) is 0 Å². The Morgan fingerprint density at radius 3 is 2.12 bits per heavy atom. The first-order valence-corrected chi connectivity index (χ1v) is 1.99. The van der Waals surface area contributed by atoms with Crippen LogP contribution in [0.1, 0.15) is 21.2 Å². The third-order valence-electron chi connectivity index (χ3n) is 0.464. The molecule has 0 saturated carbocycles. The van der Waals surface area contributed by atoms with Gasteiger partial charge in [0.2, 0.25) is 0 Å². The fourth-order valence-corrected chi connectivity index (χ4v) is 0.214. The fraction of sp³-hybridized carbons (Fsp3) is 0.750. The van der Waals surface area contributed by atoms with Gasteiger partial charge in [0.15, 0.2) is 0 Å². The normalized spacial score (nSPS) is 6.12. The van der Waals surface area contributed by atoms with Crippen molar-refractivity contribution in [2.75, 3.05) is 0 Å². The molecule has 8 heavy (non-hydrogen) atoms. The van der Waals surface area contributed by atoms with E-state index in [1.54, 1.807) is 0 Å². The van der Waals surface area contributed by atoms with E-state index < -0.39 is 5.97 Å². The van der Waals surface area contributed by atoms with Crippen LogP contribution in [0.25, 0.3) is 0 Å². The molecular weight excluding hydrogens is 117 g/mol. The van der Waals surface area contributed by atoms with Crippen molar-refractivity contribution in [3.8, 4) is 0 Å². The maximum Gasteiger partial charge on any atom is 1.00 e. The molecule has 3 nitrogen and oxygen atoms in total. The molecule has 0 aliphatic heterocycles. The van der Waals surface area contributed by atoms with Crippen LogP contribution in [0.2, 0.25) is 0 Å². The van der Waals surface area contributed by atoms with E-state index in [0.717, 1.165) is 6.42 Å². The smallest absolute Gasteiger partial charge is 1.00 e. The molecule has 0 aromatic heterocycles. The second-order valence-corrected chi connectivity index (χ2v) is 1.14. The number of carbonyl (C=O) groups is 1. The molecule has 0 aromatic rings. The summed E-state index contributed by atoms with van der Waals surface area (Å²) in [4.78, 5) is 9.60. The Morgan fingerprint density at radius 1 is 1.75 bits per heavy atom. The van der Waals surface area contributed by atoms with Crippen LogP contribution in [-0.2, 0) is 4.79 Å². The Balaban J connectivity index is -0.0000000417. The minimum Gasteiger partial charge on any atom is -1.00 e. The van der Waals surface area contributed by atoms with Crippen molar-refractivity contribution in [2.24, 2.45) is 0 Å². The summed E-state index contributed by atoms with van der Waals surface area (Å²) in [6.45, 7) is 1.84. The molecule has 0 unspecified atom stereocenters. The summed E-state index contributed by atoms with van der Waals surface area (Å²) in [5.74, 6) is -0.711. The predicted molar refractivity (Wildman–Crippen MR) is 28.7 cm³/mol. The molecule has 0 fully saturated rings. The molecule has 0 saturated heterocycles. The van der Waals surface area contributed by atoms with E-state index in [2.05, 4.69) is 0 Å². The molecule has 0 aliphatic rings. The van der Waals surface area contributed by atoms with E-state index in [1.165, 1.54) is 0 Å². The van der Waals surface area contributed by atoms with Gasteiger partial charge in [-0.3, -0.25) is 4.79 Å². The fourth-order valence-electron chi connectivity index (χ4n) is 0.214. The van der Waals surface area contributed by atoms with Crippen LogP contribution in [0, 0.1) is 0 Å². The third kappa shape index (κ3) is 16.1. The second-order valence-electron chi connectivity index (χ2n) is 1.14. The van der Waals surface area contributed by atoms with Gasteiger partial charge in [0.05, 0.1) is 0 Å². The topological polar surface area (TPSA) is 72.3 Å².